The number of likely N-dealkylation sites (tertiary alicyclic amines) is 1. The van der Waals surface area contributed by atoms with Gasteiger partial charge < -0.3 is 9.64 Å². The highest BCUT2D eigenvalue weighted by molar-refractivity contribution is 5.36. The highest BCUT2D eigenvalue weighted by Crippen LogP contribution is 2.28. The molecule has 2 aliphatic rings. The lowest BCUT2D eigenvalue weighted by Gasteiger charge is -2.33. The van der Waals surface area contributed by atoms with Gasteiger partial charge in [0.15, 0.2) is 0 Å². The number of rotatable bonds is 6. The van der Waals surface area contributed by atoms with E-state index in [1.807, 2.05) is 24.3 Å². The predicted octanol–water partition coefficient (Wildman–Crippen LogP) is 3.72. The van der Waals surface area contributed by atoms with Gasteiger partial charge in [-0.3, -0.25) is 4.98 Å². The number of piperidine rings is 1. The number of aromatic nitrogens is 3. The maximum Gasteiger partial charge on any atom is 0.348 e. The van der Waals surface area contributed by atoms with Gasteiger partial charge >= 0.3 is 5.69 Å². The molecule has 1 aromatic carbocycles. The van der Waals surface area contributed by atoms with Gasteiger partial charge in [0.2, 0.25) is 0 Å². The first-order chi connectivity index (χ1) is 13.7. The molecular formula is C22H32N4O2. The number of benzene rings is 1. The number of H-pyrrole nitrogens is 1. The first-order valence-corrected chi connectivity index (χ1v) is 10.8. The molecule has 1 aliphatic carbocycles. The van der Waals surface area contributed by atoms with Crippen molar-refractivity contribution in [2.75, 3.05) is 26.7 Å². The molecule has 2 heterocycles. The summed E-state index contributed by atoms with van der Waals surface area (Å²) in [4.78, 5) is 18.0. The van der Waals surface area contributed by atoms with Crippen LogP contribution in [0.2, 0.25) is 0 Å². The Hall–Kier alpha value is -2.08. The number of aromatic amines is 1. The molecule has 6 heteroatoms. The summed E-state index contributed by atoms with van der Waals surface area (Å²) in [5.74, 6) is 2.83. The topological polar surface area (TPSA) is 63.1 Å². The fourth-order valence-corrected chi connectivity index (χ4v) is 4.75. The molecule has 2 aromatic rings. The van der Waals surface area contributed by atoms with Gasteiger partial charge in [-0.15, -0.1) is 5.10 Å². The van der Waals surface area contributed by atoms with Crippen molar-refractivity contribution in [3.8, 4) is 11.4 Å². The summed E-state index contributed by atoms with van der Waals surface area (Å²) in [6, 6.07) is 7.43. The average Bonchev–Trinajstić information content (AvgIpc) is 3.15. The summed E-state index contributed by atoms with van der Waals surface area (Å²) in [6.45, 7) is 3.36. The summed E-state index contributed by atoms with van der Waals surface area (Å²) in [7, 11) is 1.64. The monoisotopic (exact) mass is 384 g/mol. The van der Waals surface area contributed by atoms with Crippen LogP contribution in [0.5, 0.6) is 5.75 Å². The van der Waals surface area contributed by atoms with Crippen LogP contribution >= 0.6 is 0 Å². The molecule has 1 aliphatic heterocycles. The van der Waals surface area contributed by atoms with Gasteiger partial charge in [0.25, 0.3) is 0 Å². The number of methoxy groups -OCH3 is 1. The van der Waals surface area contributed by atoms with E-state index in [1.54, 1.807) is 7.11 Å². The summed E-state index contributed by atoms with van der Waals surface area (Å²) in [5, 5.41) is 4.62. The Morgan fingerprint density at radius 1 is 1.11 bits per heavy atom. The summed E-state index contributed by atoms with van der Waals surface area (Å²) >= 11 is 0. The molecule has 4 rings (SSSR count). The summed E-state index contributed by atoms with van der Waals surface area (Å²) in [6.07, 6.45) is 10.7. The Kier molecular flexibility index (Phi) is 6.15. The highest BCUT2D eigenvalue weighted by Gasteiger charge is 2.25. The largest absolute Gasteiger partial charge is 0.497 e. The van der Waals surface area contributed by atoms with Crippen molar-refractivity contribution < 1.29 is 4.74 Å². The fraction of sp³-hybridized carbons (Fsp3) is 0.636. The van der Waals surface area contributed by atoms with Gasteiger partial charge in [-0.1, -0.05) is 32.1 Å². The van der Waals surface area contributed by atoms with E-state index in [0.717, 1.165) is 36.1 Å². The molecule has 28 heavy (non-hydrogen) atoms. The van der Waals surface area contributed by atoms with E-state index in [2.05, 4.69) is 15.0 Å². The number of nitrogens with zero attached hydrogens (tertiary/aromatic N) is 3. The van der Waals surface area contributed by atoms with E-state index in [1.165, 1.54) is 62.7 Å². The maximum absolute atomic E-state index is 12.5. The molecule has 1 saturated carbocycles. The first-order valence-electron chi connectivity index (χ1n) is 10.8. The maximum atomic E-state index is 12.5. The van der Waals surface area contributed by atoms with Gasteiger partial charge in [-0.2, -0.15) is 4.68 Å². The molecule has 2 fully saturated rings. The molecule has 0 radical (unpaired) electrons. The van der Waals surface area contributed by atoms with E-state index in [0.29, 0.717) is 5.92 Å². The van der Waals surface area contributed by atoms with Crippen LogP contribution in [0.3, 0.4) is 0 Å². The van der Waals surface area contributed by atoms with Crippen LogP contribution in [-0.2, 0) is 0 Å². The van der Waals surface area contributed by atoms with Crippen LogP contribution in [0.1, 0.15) is 63.1 Å². The summed E-state index contributed by atoms with van der Waals surface area (Å²) in [5.41, 5.74) is 0.595. The van der Waals surface area contributed by atoms with E-state index in [-0.39, 0.29) is 5.69 Å². The summed E-state index contributed by atoms with van der Waals surface area (Å²) < 4.78 is 6.66. The quantitative estimate of drug-likeness (QED) is 0.824. The van der Waals surface area contributed by atoms with Crippen LogP contribution in [0.4, 0.5) is 0 Å². The Morgan fingerprint density at radius 2 is 1.89 bits per heavy atom. The van der Waals surface area contributed by atoms with Crippen LogP contribution in [0.25, 0.3) is 5.69 Å². The second kappa shape index (κ2) is 8.95. The van der Waals surface area contributed by atoms with Crippen molar-refractivity contribution >= 4 is 0 Å². The van der Waals surface area contributed by atoms with Crippen LogP contribution in [0.15, 0.2) is 29.1 Å². The van der Waals surface area contributed by atoms with Crippen LogP contribution < -0.4 is 10.4 Å². The van der Waals surface area contributed by atoms with Gasteiger partial charge in [0.05, 0.1) is 12.8 Å². The van der Waals surface area contributed by atoms with Gasteiger partial charge in [-0.25, -0.2) is 4.79 Å². The minimum Gasteiger partial charge on any atom is -0.497 e. The zero-order chi connectivity index (χ0) is 19.3. The second-order valence-electron chi connectivity index (χ2n) is 8.36. The van der Waals surface area contributed by atoms with Crippen molar-refractivity contribution in [3.63, 3.8) is 0 Å². The van der Waals surface area contributed by atoms with Gasteiger partial charge in [-0.05, 0) is 62.5 Å². The molecule has 6 nitrogen and oxygen atoms in total. The molecule has 0 bridgehead atoms. The number of hydrogen-bond acceptors (Lipinski definition) is 4. The van der Waals surface area contributed by atoms with E-state index in [4.69, 9.17) is 4.74 Å². The number of nitrogens with one attached hydrogen (secondary N) is 1. The number of ether oxygens (including phenoxy) is 1. The smallest absolute Gasteiger partial charge is 0.348 e. The van der Waals surface area contributed by atoms with Gasteiger partial charge in [0.1, 0.15) is 11.6 Å². The van der Waals surface area contributed by atoms with Crippen molar-refractivity contribution in [3.05, 3.63) is 40.6 Å². The lowest BCUT2D eigenvalue weighted by atomic mass is 9.86. The van der Waals surface area contributed by atoms with Crippen LogP contribution in [-0.4, -0.2) is 46.4 Å². The third kappa shape index (κ3) is 4.49. The first kappa shape index (κ1) is 19.2. The van der Waals surface area contributed by atoms with E-state index < -0.39 is 0 Å². The van der Waals surface area contributed by atoms with E-state index >= 15 is 0 Å². The third-order valence-electron chi connectivity index (χ3n) is 6.42. The van der Waals surface area contributed by atoms with Crippen LogP contribution in [0, 0.1) is 5.92 Å². The molecular weight excluding hydrogens is 352 g/mol. The lowest BCUT2D eigenvalue weighted by molar-refractivity contribution is 0.182. The molecule has 0 spiro atoms. The molecule has 1 unspecified atom stereocenters. The predicted molar refractivity (Wildman–Crippen MR) is 110 cm³/mol. The lowest BCUT2D eigenvalue weighted by Crippen LogP contribution is -2.36. The Balaban J connectivity index is 1.40. The molecule has 1 N–H and O–H groups in total. The van der Waals surface area contributed by atoms with Crippen molar-refractivity contribution in [1.82, 2.24) is 19.7 Å². The standard InChI is InChI=1S/C22H32N4O2/c1-28-20-11-9-19(10-12-20)26-22(27)23-21(24-26)18-8-5-14-25(16-18)15-13-17-6-3-2-4-7-17/h9-12,17-18H,2-8,13-16H2,1H3,(H,23,24,27). The molecule has 0 amide bonds. The number of hydrogen-bond donors (Lipinski definition) is 1. The SMILES string of the molecule is COc1ccc(-n2nc(C3CCCN(CCC4CCCCC4)C3)[nH]c2=O)cc1. The fourth-order valence-electron chi connectivity index (χ4n) is 4.75. The minimum absolute atomic E-state index is 0.167. The second-order valence-corrected chi connectivity index (χ2v) is 8.36. The van der Waals surface area contributed by atoms with E-state index in [9.17, 15) is 4.79 Å². The molecule has 152 valence electrons. The van der Waals surface area contributed by atoms with Crippen molar-refractivity contribution in [2.24, 2.45) is 5.92 Å². The Morgan fingerprint density at radius 3 is 2.64 bits per heavy atom. The third-order valence-corrected chi connectivity index (χ3v) is 6.42. The normalized spacial score (nSPS) is 21.7. The van der Waals surface area contributed by atoms with Gasteiger partial charge in [0, 0.05) is 12.5 Å². The molecule has 1 saturated heterocycles. The molecule has 1 aromatic heterocycles. The Bertz CT molecular complexity index is 805. The minimum atomic E-state index is -0.167. The van der Waals surface area contributed by atoms with Crippen molar-refractivity contribution in [1.29, 1.82) is 0 Å². The van der Waals surface area contributed by atoms with Crippen molar-refractivity contribution in [2.45, 2.75) is 57.3 Å². The average molecular weight is 385 g/mol. The zero-order valence-electron chi connectivity index (χ0n) is 16.9. The Labute approximate surface area is 166 Å². The highest BCUT2D eigenvalue weighted by atomic mass is 16.5. The molecule has 1 atom stereocenters. The zero-order valence-corrected chi connectivity index (χ0v) is 16.9.